The fourth-order valence-electron chi connectivity index (χ4n) is 1.83. The second-order valence-corrected chi connectivity index (χ2v) is 7.09. The highest BCUT2D eigenvalue weighted by Crippen LogP contribution is 2.11. The van der Waals surface area contributed by atoms with Crippen LogP contribution in [0.3, 0.4) is 0 Å². The highest BCUT2D eigenvalue weighted by Gasteiger charge is 2.25. The van der Waals surface area contributed by atoms with Gasteiger partial charge in [-0.2, -0.15) is 0 Å². The summed E-state index contributed by atoms with van der Waals surface area (Å²) < 4.78 is 26.2. The van der Waals surface area contributed by atoms with E-state index in [1.807, 2.05) is 6.92 Å². The standard InChI is InChI=1S/C10H21N3O2S2/c1-8(13-5-3-4-6-13)7-12-17(14,15)9(2)10(11)16/h8-9,12H,3-7H2,1-2H3,(H2,11,16). The highest BCUT2D eigenvalue weighted by molar-refractivity contribution is 7.93. The van der Waals surface area contributed by atoms with Crippen LogP contribution in [0, 0.1) is 0 Å². The molecule has 0 aromatic heterocycles. The summed E-state index contributed by atoms with van der Waals surface area (Å²) in [7, 11) is -3.43. The number of thiocarbonyl (C=S) groups is 1. The summed E-state index contributed by atoms with van der Waals surface area (Å²) in [6.45, 7) is 6.04. The SMILES string of the molecule is CC(CNS(=O)(=O)C(C)C(N)=S)N1CCCC1. The molecule has 1 rings (SSSR count). The summed E-state index contributed by atoms with van der Waals surface area (Å²) in [6.07, 6.45) is 2.39. The molecule has 0 bridgehead atoms. The molecule has 100 valence electrons. The molecule has 2 unspecified atom stereocenters. The Kier molecular flexibility index (Phi) is 5.30. The minimum absolute atomic E-state index is 0.00586. The lowest BCUT2D eigenvalue weighted by atomic mass is 10.3. The zero-order chi connectivity index (χ0) is 13.1. The number of sulfonamides is 1. The molecule has 1 fully saturated rings. The van der Waals surface area contributed by atoms with Crippen LogP contribution < -0.4 is 10.5 Å². The van der Waals surface area contributed by atoms with Crippen LogP contribution in [0.4, 0.5) is 0 Å². The first-order chi connectivity index (χ1) is 7.84. The Labute approximate surface area is 109 Å². The molecule has 0 aromatic rings. The number of nitrogens with one attached hydrogen (secondary N) is 1. The summed E-state index contributed by atoms with van der Waals surface area (Å²) in [5, 5.41) is -0.816. The van der Waals surface area contributed by atoms with E-state index in [1.165, 1.54) is 19.8 Å². The van der Waals surface area contributed by atoms with Crippen LogP contribution in [0.1, 0.15) is 26.7 Å². The number of likely N-dealkylation sites (tertiary alicyclic amines) is 1. The van der Waals surface area contributed by atoms with E-state index in [-0.39, 0.29) is 11.0 Å². The molecule has 3 N–H and O–H groups in total. The van der Waals surface area contributed by atoms with Crippen molar-refractivity contribution in [3.63, 3.8) is 0 Å². The Bertz CT molecular complexity index is 364. The van der Waals surface area contributed by atoms with Crippen LogP contribution in [0.2, 0.25) is 0 Å². The smallest absolute Gasteiger partial charge is 0.220 e. The van der Waals surface area contributed by atoms with Crippen molar-refractivity contribution in [2.75, 3.05) is 19.6 Å². The Morgan fingerprint density at radius 2 is 1.94 bits per heavy atom. The molecular formula is C10H21N3O2S2. The highest BCUT2D eigenvalue weighted by atomic mass is 32.2. The van der Waals surface area contributed by atoms with Gasteiger partial charge in [-0.05, 0) is 39.8 Å². The lowest BCUT2D eigenvalue weighted by Crippen LogP contribution is -2.45. The monoisotopic (exact) mass is 279 g/mol. The third-order valence-corrected chi connectivity index (χ3v) is 5.47. The molecule has 1 aliphatic rings. The van der Waals surface area contributed by atoms with Gasteiger partial charge in [0.05, 0.1) is 4.99 Å². The molecule has 0 spiro atoms. The van der Waals surface area contributed by atoms with Gasteiger partial charge in [-0.1, -0.05) is 12.2 Å². The quantitative estimate of drug-likeness (QED) is 0.673. The maximum Gasteiger partial charge on any atom is 0.220 e. The molecule has 2 atom stereocenters. The van der Waals surface area contributed by atoms with Crippen LogP contribution in [-0.2, 0) is 10.0 Å². The normalized spacial score (nSPS) is 21.3. The van der Waals surface area contributed by atoms with Gasteiger partial charge in [0, 0.05) is 12.6 Å². The summed E-state index contributed by atoms with van der Waals surface area (Å²) in [5.41, 5.74) is 5.35. The van der Waals surface area contributed by atoms with Crippen LogP contribution in [-0.4, -0.2) is 49.2 Å². The van der Waals surface area contributed by atoms with Crippen LogP contribution >= 0.6 is 12.2 Å². The first-order valence-electron chi connectivity index (χ1n) is 5.86. The van der Waals surface area contributed by atoms with Crippen molar-refractivity contribution in [3.05, 3.63) is 0 Å². The summed E-state index contributed by atoms with van der Waals surface area (Å²) in [6, 6.07) is 0.214. The summed E-state index contributed by atoms with van der Waals surface area (Å²) in [5.74, 6) is 0. The van der Waals surface area contributed by atoms with Crippen molar-refractivity contribution >= 4 is 27.2 Å². The lowest BCUT2D eigenvalue weighted by molar-refractivity contribution is 0.260. The zero-order valence-corrected chi connectivity index (χ0v) is 12.0. The average Bonchev–Trinajstić information content (AvgIpc) is 2.78. The first kappa shape index (κ1) is 14.8. The van der Waals surface area contributed by atoms with Crippen LogP contribution in [0.5, 0.6) is 0 Å². The molecule has 17 heavy (non-hydrogen) atoms. The van der Waals surface area contributed by atoms with E-state index < -0.39 is 15.3 Å². The van der Waals surface area contributed by atoms with Gasteiger partial charge in [0.2, 0.25) is 10.0 Å². The molecule has 0 aliphatic carbocycles. The van der Waals surface area contributed by atoms with Gasteiger partial charge in [0.25, 0.3) is 0 Å². The summed E-state index contributed by atoms with van der Waals surface area (Å²) in [4.78, 5) is 2.29. The van der Waals surface area contributed by atoms with Crippen molar-refractivity contribution < 1.29 is 8.42 Å². The molecule has 0 radical (unpaired) electrons. The van der Waals surface area contributed by atoms with Crippen molar-refractivity contribution in [1.82, 2.24) is 9.62 Å². The Morgan fingerprint density at radius 3 is 2.41 bits per heavy atom. The molecule has 1 saturated heterocycles. The molecule has 0 saturated carbocycles. The predicted octanol–water partition coefficient (Wildman–Crippen LogP) is 0.0647. The first-order valence-corrected chi connectivity index (χ1v) is 7.82. The number of rotatable bonds is 6. The van der Waals surface area contributed by atoms with E-state index in [2.05, 4.69) is 9.62 Å². The largest absolute Gasteiger partial charge is 0.392 e. The number of hydrogen-bond donors (Lipinski definition) is 2. The molecule has 0 amide bonds. The van der Waals surface area contributed by atoms with Crippen molar-refractivity contribution in [2.24, 2.45) is 5.73 Å². The van der Waals surface area contributed by atoms with Gasteiger partial charge in [0.15, 0.2) is 0 Å². The molecule has 0 aromatic carbocycles. The van der Waals surface area contributed by atoms with E-state index in [1.54, 1.807) is 0 Å². The summed E-state index contributed by atoms with van der Waals surface area (Å²) >= 11 is 4.70. The average molecular weight is 279 g/mol. The van der Waals surface area contributed by atoms with Gasteiger partial charge >= 0.3 is 0 Å². The van der Waals surface area contributed by atoms with Gasteiger partial charge in [0.1, 0.15) is 5.25 Å². The van der Waals surface area contributed by atoms with E-state index in [4.69, 9.17) is 18.0 Å². The van der Waals surface area contributed by atoms with Crippen LogP contribution in [0.25, 0.3) is 0 Å². The van der Waals surface area contributed by atoms with E-state index in [0.717, 1.165) is 13.1 Å². The second-order valence-electron chi connectivity index (χ2n) is 4.53. The Morgan fingerprint density at radius 1 is 1.41 bits per heavy atom. The third kappa shape index (κ3) is 4.17. The van der Waals surface area contributed by atoms with E-state index in [0.29, 0.717) is 6.54 Å². The maximum absolute atomic E-state index is 11.8. The minimum Gasteiger partial charge on any atom is -0.392 e. The van der Waals surface area contributed by atoms with E-state index >= 15 is 0 Å². The minimum atomic E-state index is -3.43. The number of nitrogens with zero attached hydrogens (tertiary/aromatic N) is 1. The zero-order valence-electron chi connectivity index (χ0n) is 10.3. The topological polar surface area (TPSA) is 75.4 Å². The number of hydrogen-bond acceptors (Lipinski definition) is 4. The molecule has 1 heterocycles. The van der Waals surface area contributed by atoms with E-state index in [9.17, 15) is 8.42 Å². The predicted molar refractivity (Wildman–Crippen MR) is 73.4 cm³/mol. The Balaban J connectivity index is 2.46. The third-order valence-electron chi connectivity index (χ3n) is 3.21. The van der Waals surface area contributed by atoms with Gasteiger partial charge < -0.3 is 5.73 Å². The fraction of sp³-hybridized carbons (Fsp3) is 0.900. The molecule has 5 nitrogen and oxygen atoms in total. The van der Waals surface area contributed by atoms with Crippen molar-refractivity contribution in [3.8, 4) is 0 Å². The van der Waals surface area contributed by atoms with Gasteiger partial charge in [-0.15, -0.1) is 0 Å². The molecule has 1 aliphatic heterocycles. The second kappa shape index (κ2) is 6.08. The van der Waals surface area contributed by atoms with Gasteiger partial charge in [-0.3, -0.25) is 4.90 Å². The van der Waals surface area contributed by atoms with Crippen LogP contribution in [0.15, 0.2) is 0 Å². The van der Waals surface area contributed by atoms with Crippen molar-refractivity contribution in [2.45, 2.75) is 38.0 Å². The lowest BCUT2D eigenvalue weighted by Gasteiger charge is -2.24. The Hall–Kier alpha value is -0.240. The molecule has 7 heteroatoms. The molecular weight excluding hydrogens is 258 g/mol. The van der Waals surface area contributed by atoms with Gasteiger partial charge in [-0.25, -0.2) is 13.1 Å². The van der Waals surface area contributed by atoms with Crippen molar-refractivity contribution in [1.29, 1.82) is 0 Å². The fourth-order valence-corrected chi connectivity index (χ4v) is 3.24. The number of nitrogens with two attached hydrogens (primary N) is 1. The maximum atomic E-state index is 11.8.